The van der Waals surface area contributed by atoms with Gasteiger partial charge in [0.15, 0.2) is 0 Å². The van der Waals surface area contributed by atoms with E-state index in [1.807, 2.05) is 27.7 Å². The molecule has 0 saturated carbocycles. The van der Waals surface area contributed by atoms with Gasteiger partial charge in [0.2, 0.25) is 0 Å². The van der Waals surface area contributed by atoms with Gasteiger partial charge in [-0.3, -0.25) is 0 Å². The van der Waals surface area contributed by atoms with Crippen LogP contribution in [0.5, 0.6) is 0 Å². The van der Waals surface area contributed by atoms with E-state index in [-0.39, 0.29) is 0 Å². The molecular weight excluding hydrogens is 164 g/mol. The minimum atomic E-state index is -0.852. The number of carbonyl (C=O) groups is 1. The third kappa shape index (κ3) is 1.57. The molecule has 1 N–H and O–H groups in total. The Kier molecular flexibility index (Phi) is 2.41. The molecule has 0 saturated heterocycles. The van der Waals surface area contributed by atoms with E-state index in [1.54, 1.807) is 0 Å². The highest BCUT2D eigenvalue weighted by Crippen LogP contribution is 2.20. The van der Waals surface area contributed by atoms with Gasteiger partial charge in [-0.2, -0.15) is 0 Å². The van der Waals surface area contributed by atoms with Crippen molar-refractivity contribution in [3.63, 3.8) is 0 Å². The average molecular weight is 177 g/mol. The Morgan fingerprint density at radius 2 is 1.46 bits per heavy atom. The fourth-order valence-corrected chi connectivity index (χ4v) is 1.45. The van der Waals surface area contributed by atoms with Gasteiger partial charge in [-0.15, -0.1) is 0 Å². The summed E-state index contributed by atoms with van der Waals surface area (Å²) in [5.41, 5.74) is 3.89. The molecule has 0 heterocycles. The van der Waals surface area contributed by atoms with Crippen molar-refractivity contribution >= 4 is 5.97 Å². The number of hydrogen-bond acceptors (Lipinski definition) is 1. The monoisotopic (exact) mass is 177 g/mol. The average Bonchev–Trinajstić information content (AvgIpc) is 2.01. The lowest BCUT2D eigenvalue weighted by molar-refractivity contribution is 0.0695. The molecule has 1 rings (SSSR count). The second-order valence-electron chi connectivity index (χ2n) is 3.31. The van der Waals surface area contributed by atoms with Crippen molar-refractivity contribution in [2.75, 3.05) is 0 Å². The van der Waals surface area contributed by atoms with Crippen LogP contribution in [0.3, 0.4) is 0 Å². The fraction of sp³-hybridized carbons (Fsp3) is 0.364. The van der Waals surface area contributed by atoms with Crippen molar-refractivity contribution < 1.29 is 9.90 Å². The van der Waals surface area contributed by atoms with Gasteiger partial charge in [-0.1, -0.05) is 0 Å². The zero-order chi connectivity index (χ0) is 10.2. The van der Waals surface area contributed by atoms with E-state index in [4.69, 9.17) is 5.11 Å². The SMILES string of the molecule is Cc1[c]c(C)c(C)c(C(=O)O)c1C. The zero-order valence-electron chi connectivity index (χ0n) is 8.36. The van der Waals surface area contributed by atoms with E-state index < -0.39 is 5.97 Å². The lowest BCUT2D eigenvalue weighted by Gasteiger charge is -2.10. The first-order valence-corrected chi connectivity index (χ1v) is 4.18. The Morgan fingerprint density at radius 3 is 1.77 bits per heavy atom. The van der Waals surface area contributed by atoms with E-state index in [2.05, 4.69) is 6.07 Å². The van der Waals surface area contributed by atoms with E-state index in [0.717, 1.165) is 22.3 Å². The lowest BCUT2D eigenvalue weighted by atomic mass is 9.94. The van der Waals surface area contributed by atoms with Crippen molar-refractivity contribution in [1.29, 1.82) is 0 Å². The number of hydrogen-bond donors (Lipinski definition) is 1. The minimum absolute atomic E-state index is 0.425. The molecule has 0 aliphatic rings. The Hall–Kier alpha value is -1.31. The maximum absolute atomic E-state index is 10.9. The van der Waals surface area contributed by atoms with E-state index in [1.165, 1.54) is 0 Å². The minimum Gasteiger partial charge on any atom is -0.478 e. The van der Waals surface area contributed by atoms with Crippen LogP contribution in [0.25, 0.3) is 0 Å². The Labute approximate surface area is 78.2 Å². The maximum atomic E-state index is 10.9. The van der Waals surface area contributed by atoms with Gasteiger partial charge >= 0.3 is 5.97 Å². The number of aromatic carboxylic acids is 1. The normalized spacial score (nSPS) is 10.2. The highest BCUT2D eigenvalue weighted by molar-refractivity contribution is 5.91. The summed E-state index contributed by atoms with van der Waals surface area (Å²) in [5.74, 6) is -0.852. The topological polar surface area (TPSA) is 37.3 Å². The van der Waals surface area contributed by atoms with E-state index in [0.29, 0.717) is 5.56 Å². The second-order valence-corrected chi connectivity index (χ2v) is 3.31. The van der Waals surface area contributed by atoms with Gasteiger partial charge in [0, 0.05) is 0 Å². The first-order valence-electron chi connectivity index (χ1n) is 4.18. The molecule has 0 atom stereocenters. The van der Waals surface area contributed by atoms with Crippen LogP contribution in [0.15, 0.2) is 0 Å². The third-order valence-electron chi connectivity index (χ3n) is 2.46. The van der Waals surface area contributed by atoms with Crippen molar-refractivity contribution in [1.82, 2.24) is 0 Å². The smallest absolute Gasteiger partial charge is 0.336 e. The van der Waals surface area contributed by atoms with Crippen molar-refractivity contribution in [3.05, 3.63) is 33.9 Å². The third-order valence-corrected chi connectivity index (χ3v) is 2.46. The molecule has 0 aromatic heterocycles. The van der Waals surface area contributed by atoms with Crippen LogP contribution in [0.4, 0.5) is 0 Å². The number of aryl methyl sites for hydroxylation is 2. The number of carboxylic acids is 1. The summed E-state index contributed by atoms with van der Waals surface area (Å²) in [7, 11) is 0. The van der Waals surface area contributed by atoms with Crippen LogP contribution < -0.4 is 0 Å². The summed E-state index contributed by atoms with van der Waals surface area (Å²) in [4.78, 5) is 10.9. The highest BCUT2D eigenvalue weighted by Gasteiger charge is 2.14. The molecule has 2 nitrogen and oxygen atoms in total. The largest absolute Gasteiger partial charge is 0.478 e. The molecule has 0 spiro atoms. The van der Waals surface area contributed by atoms with Gasteiger partial charge in [0.05, 0.1) is 5.56 Å². The molecule has 1 radical (unpaired) electrons. The van der Waals surface area contributed by atoms with Crippen LogP contribution in [0, 0.1) is 33.8 Å². The molecule has 1 aromatic rings. The van der Waals surface area contributed by atoms with Crippen LogP contribution in [0.2, 0.25) is 0 Å². The summed E-state index contributed by atoms with van der Waals surface area (Å²) in [5, 5.41) is 8.98. The summed E-state index contributed by atoms with van der Waals surface area (Å²) in [6.07, 6.45) is 0. The summed E-state index contributed by atoms with van der Waals surface area (Å²) in [6.45, 7) is 7.41. The first-order chi connectivity index (χ1) is 5.95. The van der Waals surface area contributed by atoms with Gasteiger partial charge in [-0.25, -0.2) is 4.79 Å². The lowest BCUT2D eigenvalue weighted by Crippen LogP contribution is -2.06. The predicted octanol–water partition coefficient (Wildman–Crippen LogP) is 2.42. The summed E-state index contributed by atoms with van der Waals surface area (Å²) < 4.78 is 0. The number of rotatable bonds is 1. The summed E-state index contributed by atoms with van der Waals surface area (Å²) in [6, 6.07) is 3.14. The standard InChI is InChI=1S/C11H13O2/c1-6-5-7(2)9(4)10(8(6)3)11(12)13/h1-4H3,(H,12,13). The maximum Gasteiger partial charge on any atom is 0.336 e. The van der Waals surface area contributed by atoms with Gasteiger partial charge in [0.1, 0.15) is 0 Å². The van der Waals surface area contributed by atoms with E-state index in [9.17, 15) is 4.79 Å². The zero-order valence-corrected chi connectivity index (χ0v) is 8.36. The predicted molar refractivity (Wildman–Crippen MR) is 51.2 cm³/mol. The Balaban J connectivity index is 3.56. The highest BCUT2D eigenvalue weighted by atomic mass is 16.4. The first kappa shape index (κ1) is 9.78. The molecule has 0 unspecified atom stereocenters. The van der Waals surface area contributed by atoms with Crippen molar-refractivity contribution in [2.24, 2.45) is 0 Å². The molecule has 2 heteroatoms. The van der Waals surface area contributed by atoms with Gasteiger partial charge in [0.25, 0.3) is 0 Å². The van der Waals surface area contributed by atoms with Crippen LogP contribution >= 0.6 is 0 Å². The Morgan fingerprint density at radius 1 is 1.08 bits per heavy atom. The molecule has 0 aliphatic heterocycles. The molecule has 0 amide bonds. The van der Waals surface area contributed by atoms with Crippen molar-refractivity contribution in [3.8, 4) is 0 Å². The number of benzene rings is 1. The molecule has 0 bridgehead atoms. The molecule has 0 aliphatic carbocycles. The van der Waals surface area contributed by atoms with Gasteiger partial charge < -0.3 is 5.11 Å². The summed E-state index contributed by atoms with van der Waals surface area (Å²) >= 11 is 0. The quantitative estimate of drug-likeness (QED) is 0.715. The van der Waals surface area contributed by atoms with Crippen LogP contribution in [-0.4, -0.2) is 11.1 Å². The van der Waals surface area contributed by atoms with Crippen LogP contribution in [0.1, 0.15) is 32.6 Å². The second kappa shape index (κ2) is 3.21. The van der Waals surface area contributed by atoms with E-state index >= 15 is 0 Å². The molecule has 1 aromatic carbocycles. The fourth-order valence-electron chi connectivity index (χ4n) is 1.45. The van der Waals surface area contributed by atoms with Gasteiger partial charge in [-0.05, 0) is 56.0 Å². The molecule has 0 fully saturated rings. The molecular formula is C11H13O2. The Bertz CT molecular complexity index is 339. The number of carboxylic acid groups (broad SMARTS) is 1. The van der Waals surface area contributed by atoms with Crippen molar-refractivity contribution in [2.45, 2.75) is 27.7 Å². The van der Waals surface area contributed by atoms with Crippen LogP contribution in [-0.2, 0) is 0 Å². The molecule has 13 heavy (non-hydrogen) atoms. The molecule has 69 valence electrons.